The number of benzene rings is 1. The summed E-state index contributed by atoms with van der Waals surface area (Å²) in [6.45, 7) is 3.87. The maximum Gasteiger partial charge on any atom is 0.415 e. The highest BCUT2D eigenvalue weighted by Gasteiger charge is 2.42. The number of ether oxygens (including phenoxy) is 1. The number of nitrogens with zero attached hydrogens (tertiary/aromatic N) is 1. The molecule has 0 bridgehead atoms. The topological polar surface area (TPSA) is 55.6 Å². The molecule has 1 aliphatic rings. The third-order valence-corrected chi connectivity index (χ3v) is 2.55. The van der Waals surface area contributed by atoms with E-state index in [-0.39, 0.29) is 12.3 Å². The molecule has 0 spiro atoms. The minimum absolute atomic E-state index is 0.196. The van der Waals surface area contributed by atoms with Crippen LogP contribution < -0.4 is 10.6 Å². The molecule has 0 saturated carbocycles. The highest BCUT2D eigenvalue weighted by atomic mass is 19.1. The van der Waals surface area contributed by atoms with E-state index in [1.165, 1.54) is 17.0 Å². The summed E-state index contributed by atoms with van der Waals surface area (Å²) < 4.78 is 18.6. The molecule has 0 unspecified atom stereocenters. The highest BCUT2D eigenvalue weighted by Crippen LogP contribution is 2.32. The predicted octanol–water partition coefficient (Wildman–Crippen LogP) is 2.14. The molecule has 5 heteroatoms. The molecule has 4 nitrogen and oxygen atoms in total. The molecule has 0 atom stereocenters. The number of hydrogen-bond acceptors (Lipinski definition) is 3. The number of nitrogens with two attached hydrogens (primary N) is 1. The summed E-state index contributed by atoms with van der Waals surface area (Å²) in [5.41, 5.74) is 5.43. The molecule has 1 aromatic carbocycles. The monoisotopic (exact) mass is 224 g/mol. The van der Waals surface area contributed by atoms with Gasteiger partial charge in [-0.2, -0.15) is 0 Å². The van der Waals surface area contributed by atoms with Crippen molar-refractivity contribution < 1.29 is 13.9 Å². The first-order valence-electron chi connectivity index (χ1n) is 4.94. The summed E-state index contributed by atoms with van der Waals surface area (Å²) in [6.07, 6.45) is -0.534. The smallest absolute Gasteiger partial charge is 0.415 e. The SMILES string of the molecule is CC1(C)COC(=O)N1c1ccc(N)cc1F. The van der Waals surface area contributed by atoms with Crippen LogP contribution in [0.2, 0.25) is 0 Å². The molecule has 1 aliphatic heterocycles. The van der Waals surface area contributed by atoms with Crippen LogP contribution in [0.15, 0.2) is 18.2 Å². The Labute approximate surface area is 92.8 Å². The number of amides is 1. The molecule has 1 amide bonds. The van der Waals surface area contributed by atoms with Crippen molar-refractivity contribution in [3.05, 3.63) is 24.0 Å². The Bertz CT molecular complexity index is 446. The van der Waals surface area contributed by atoms with Gasteiger partial charge in [0.15, 0.2) is 0 Å². The van der Waals surface area contributed by atoms with E-state index in [1.54, 1.807) is 6.07 Å². The lowest BCUT2D eigenvalue weighted by atomic mass is 10.0. The summed E-state index contributed by atoms with van der Waals surface area (Å²) in [7, 11) is 0. The van der Waals surface area contributed by atoms with Crippen LogP contribution in [-0.4, -0.2) is 18.2 Å². The molecule has 1 saturated heterocycles. The van der Waals surface area contributed by atoms with Gasteiger partial charge in [-0.15, -0.1) is 0 Å². The van der Waals surface area contributed by atoms with Crippen LogP contribution >= 0.6 is 0 Å². The van der Waals surface area contributed by atoms with Gasteiger partial charge in [0.1, 0.15) is 12.4 Å². The Morgan fingerprint density at radius 3 is 2.69 bits per heavy atom. The minimum Gasteiger partial charge on any atom is -0.447 e. The van der Waals surface area contributed by atoms with Crippen molar-refractivity contribution in [2.24, 2.45) is 0 Å². The fourth-order valence-electron chi connectivity index (χ4n) is 1.74. The summed E-state index contributed by atoms with van der Waals surface area (Å²) >= 11 is 0. The van der Waals surface area contributed by atoms with Gasteiger partial charge in [0.2, 0.25) is 0 Å². The molecular weight excluding hydrogens is 211 g/mol. The Kier molecular flexibility index (Phi) is 2.26. The van der Waals surface area contributed by atoms with E-state index in [1.807, 2.05) is 13.8 Å². The van der Waals surface area contributed by atoms with Crippen LogP contribution in [0, 0.1) is 5.82 Å². The molecule has 2 rings (SSSR count). The minimum atomic E-state index is -0.548. The van der Waals surface area contributed by atoms with Gasteiger partial charge in [-0.25, -0.2) is 9.18 Å². The van der Waals surface area contributed by atoms with Gasteiger partial charge in [-0.05, 0) is 32.0 Å². The fourth-order valence-corrected chi connectivity index (χ4v) is 1.74. The quantitative estimate of drug-likeness (QED) is 0.743. The Hall–Kier alpha value is -1.78. The molecule has 1 aromatic rings. The number of carbonyl (C=O) groups excluding carboxylic acids is 1. The molecule has 0 aromatic heterocycles. The van der Waals surface area contributed by atoms with E-state index in [0.29, 0.717) is 5.69 Å². The van der Waals surface area contributed by atoms with E-state index in [9.17, 15) is 9.18 Å². The number of hydrogen-bond donors (Lipinski definition) is 1. The van der Waals surface area contributed by atoms with Gasteiger partial charge in [-0.1, -0.05) is 0 Å². The lowest BCUT2D eigenvalue weighted by molar-refractivity contribution is 0.175. The second-order valence-corrected chi connectivity index (χ2v) is 4.41. The van der Waals surface area contributed by atoms with Crippen LogP contribution in [0.5, 0.6) is 0 Å². The number of nitrogen functional groups attached to an aromatic ring is 1. The number of rotatable bonds is 1. The Morgan fingerprint density at radius 2 is 2.19 bits per heavy atom. The zero-order chi connectivity index (χ0) is 11.9. The molecule has 86 valence electrons. The van der Waals surface area contributed by atoms with Crippen molar-refractivity contribution in [3.8, 4) is 0 Å². The number of carbonyl (C=O) groups is 1. The largest absolute Gasteiger partial charge is 0.447 e. The first kappa shape index (κ1) is 10.7. The lowest BCUT2D eigenvalue weighted by Gasteiger charge is -2.28. The van der Waals surface area contributed by atoms with E-state index < -0.39 is 17.4 Å². The summed E-state index contributed by atoms with van der Waals surface area (Å²) in [5.74, 6) is -0.521. The standard InChI is InChI=1S/C11H13FN2O2/c1-11(2)6-16-10(15)14(11)9-4-3-7(13)5-8(9)12/h3-5H,6,13H2,1-2H3. The van der Waals surface area contributed by atoms with Gasteiger partial charge >= 0.3 is 6.09 Å². The zero-order valence-corrected chi connectivity index (χ0v) is 9.16. The van der Waals surface area contributed by atoms with Crippen LogP contribution in [0.25, 0.3) is 0 Å². The average molecular weight is 224 g/mol. The van der Waals surface area contributed by atoms with Crippen molar-refractivity contribution in [1.29, 1.82) is 0 Å². The number of halogens is 1. The second kappa shape index (κ2) is 3.37. The second-order valence-electron chi connectivity index (χ2n) is 4.41. The van der Waals surface area contributed by atoms with E-state index >= 15 is 0 Å². The van der Waals surface area contributed by atoms with Gasteiger partial charge < -0.3 is 10.5 Å². The normalized spacial score (nSPS) is 18.7. The van der Waals surface area contributed by atoms with Crippen molar-refractivity contribution >= 4 is 17.5 Å². The van der Waals surface area contributed by atoms with Crippen molar-refractivity contribution in [3.63, 3.8) is 0 Å². The third-order valence-electron chi connectivity index (χ3n) is 2.55. The van der Waals surface area contributed by atoms with Gasteiger partial charge in [-0.3, -0.25) is 4.90 Å². The van der Waals surface area contributed by atoms with Crippen LogP contribution in [0.1, 0.15) is 13.8 Å². The summed E-state index contributed by atoms with van der Waals surface area (Å²) in [5, 5.41) is 0. The van der Waals surface area contributed by atoms with Crippen LogP contribution in [-0.2, 0) is 4.74 Å². The molecule has 1 fully saturated rings. The first-order valence-corrected chi connectivity index (χ1v) is 4.94. The zero-order valence-electron chi connectivity index (χ0n) is 9.16. The number of anilines is 2. The predicted molar refractivity (Wildman–Crippen MR) is 58.7 cm³/mol. The maximum atomic E-state index is 13.7. The Balaban J connectivity index is 2.47. The van der Waals surface area contributed by atoms with E-state index in [2.05, 4.69) is 0 Å². The van der Waals surface area contributed by atoms with E-state index in [0.717, 1.165) is 0 Å². The lowest BCUT2D eigenvalue weighted by Crippen LogP contribution is -2.42. The van der Waals surface area contributed by atoms with Crippen molar-refractivity contribution in [2.45, 2.75) is 19.4 Å². The van der Waals surface area contributed by atoms with Crippen molar-refractivity contribution in [2.75, 3.05) is 17.2 Å². The molecule has 0 aliphatic carbocycles. The van der Waals surface area contributed by atoms with Crippen LogP contribution in [0.4, 0.5) is 20.6 Å². The van der Waals surface area contributed by atoms with Gasteiger partial charge in [0.25, 0.3) is 0 Å². The Morgan fingerprint density at radius 1 is 1.50 bits per heavy atom. The molecule has 2 N–H and O–H groups in total. The first-order chi connectivity index (χ1) is 7.42. The molecular formula is C11H13FN2O2. The molecule has 16 heavy (non-hydrogen) atoms. The average Bonchev–Trinajstić information content (AvgIpc) is 2.43. The molecule has 1 heterocycles. The van der Waals surface area contributed by atoms with Gasteiger partial charge in [0, 0.05) is 5.69 Å². The number of cyclic esters (lactones) is 1. The maximum absolute atomic E-state index is 13.7. The third kappa shape index (κ3) is 1.58. The van der Waals surface area contributed by atoms with Crippen molar-refractivity contribution in [1.82, 2.24) is 0 Å². The van der Waals surface area contributed by atoms with Gasteiger partial charge in [0.05, 0.1) is 11.2 Å². The fraction of sp³-hybridized carbons (Fsp3) is 0.364. The van der Waals surface area contributed by atoms with Crippen LogP contribution in [0.3, 0.4) is 0 Å². The highest BCUT2D eigenvalue weighted by molar-refractivity contribution is 5.91. The summed E-state index contributed by atoms with van der Waals surface area (Å²) in [4.78, 5) is 12.8. The van der Waals surface area contributed by atoms with E-state index in [4.69, 9.17) is 10.5 Å². The molecule has 0 radical (unpaired) electrons. The summed E-state index contributed by atoms with van der Waals surface area (Å²) in [6, 6.07) is 4.23.